The van der Waals surface area contributed by atoms with Crippen molar-refractivity contribution in [3.63, 3.8) is 0 Å². The molecule has 2 aromatic heterocycles. The van der Waals surface area contributed by atoms with Gasteiger partial charge >= 0.3 is 0 Å². The number of nitrogens with one attached hydrogen (secondary N) is 2. The van der Waals surface area contributed by atoms with Crippen LogP contribution in [0.3, 0.4) is 0 Å². The molecule has 0 spiro atoms. The van der Waals surface area contributed by atoms with Gasteiger partial charge in [0.1, 0.15) is 17.0 Å². The number of aromatic amines is 1. The number of methoxy groups -OCH3 is 2. The topological polar surface area (TPSA) is 102 Å². The van der Waals surface area contributed by atoms with E-state index >= 15 is 0 Å². The molecule has 8 nitrogen and oxygen atoms in total. The number of fused-ring (bicyclic) bond motifs is 3. The number of thioether (sulfide) groups is 1. The van der Waals surface area contributed by atoms with E-state index < -0.39 is 5.25 Å². The number of rotatable bonds is 6. The molecule has 0 aliphatic heterocycles. The Balaban J connectivity index is 1.50. The Hall–Kier alpha value is -3.33. The first kappa shape index (κ1) is 19.0. The molecule has 4 rings (SSSR count). The molecule has 0 aliphatic carbocycles. The van der Waals surface area contributed by atoms with E-state index in [1.54, 1.807) is 39.3 Å². The zero-order valence-corrected chi connectivity index (χ0v) is 16.9. The molecule has 0 saturated heterocycles. The minimum absolute atomic E-state index is 0.189. The van der Waals surface area contributed by atoms with E-state index in [4.69, 9.17) is 9.47 Å². The first-order valence-corrected chi connectivity index (χ1v) is 9.77. The van der Waals surface area contributed by atoms with E-state index in [2.05, 4.69) is 25.5 Å². The van der Waals surface area contributed by atoms with Gasteiger partial charge in [-0.3, -0.25) is 4.79 Å². The van der Waals surface area contributed by atoms with Crippen LogP contribution in [0, 0.1) is 0 Å². The summed E-state index contributed by atoms with van der Waals surface area (Å²) in [5, 5.41) is 12.3. The van der Waals surface area contributed by atoms with E-state index in [1.165, 1.54) is 11.8 Å². The first-order valence-electron chi connectivity index (χ1n) is 8.89. The molecule has 148 valence electrons. The molecule has 0 saturated carbocycles. The van der Waals surface area contributed by atoms with Gasteiger partial charge in [0.2, 0.25) is 11.1 Å². The molecule has 0 radical (unpaired) electrons. The van der Waals surface area contributed by atoms with Gasteiger partial charge in [0.25, 0.3) is 0 Å². The Kier molecular flexibility index (Phi) is 5.22. The van der Waals surface area contributed by atoms with E-state index in [0.29, 0.717) is 33.5 Å². The Bertz CT molecular complexity index is 1170. The standard InChI is InChI=1S/C20H19N5O3S/c1-11(19(26)21-12-8-13(27-2)10-14(9-12)28-3)29-20-23-18-17(24-25-20)15-6-4-5-7-16(15)22-18/h4-11H,1-3H3,(H,21,26)(H,22,23,25). The Morgan fingerprint density at radius 1 is 1.10 bits per heavy atom. The molecule has 2 heterocycles. The quantitative estimate of drug-likeness (QED) is 0.469. The van der Waals surface area contributed by atoms with Crippen LogP contribution in [0.1, 0.15) is 6.92 Å². The van der Waals surface area contributed by atoms with Crippen molar-refractivity contribution in [1.82, 2.24) is 20.2 Å². The van der Waals surface area contributed by atoms with Crippen molar-refractivity contribution in [2.75, 3.05) is 19.5 Å². The van der Waals surface area contributed by atoms with Crippen molar-refractivity contribution in [2.24, 2.45) is 0 Å². The van der Waals surface area contributed by atoms with Crippen molar-refractivity contribution < 1.29 is 14.3 Å². The third-order valence-electron chi connectivity index (χ3n) is 4.37. The number of benzene rings is 2. The van der Waals surface area contributed by atoms with E-state index in [1.807, 2.05) is 24.3 Å². The average molecular weight is 409 g/mol. The van der Waals surface area contributed by atoms with Crippen LogP contribution in [-0.2, 0) is 4.79 Å². The van der Waals surface area contributed by atoms with Gasteiger partial charge in [0, 0.05) is 34.8 Å². The lowest BCUT2D eigenvalue weighted by Crippen LogP contribution is -2.22. The Morgan fingerprint density at radius 3 is 2.55 bits per heavy atom. The Labute approximate surface area is 171 Å². The number of carbonyl (C=O) groups is 1. The largest absolute Gasteiger partial charge is 0.497 e. The van der Waals surface area contributed by atoms with Gasteiger partial charge in [-0.15, -0.1) is 10.2 Å². The molecular formula is C20H19N5O3S. The number of carbonyl (C=O) groups excluding carboxylic acids is 1. The molecule has 2 N–H and O–H groups in total. The average Bonchev–Trinajstić information content (AvgIpc) is 3.11. The van der Waals surface area contributed by atoms with Crippen molar-refractivity contribution in [3.05, 3.63) is 42.5 Å². The van der Waals surface area contributed by atoms with Crippen LogP contribution in [0.5, 0.6) is 11.5 Å². The molecule has 2 aromatic carbocycles. The fourth-order valence-corrected chi connectivity index (χ4v) is 3.61. The molecule has 1 unspecified atom stereocenters. The smallest absolute Gasteiger partial charge is 0.237 e. The molecule has 0 bridgehead atoms. The van der Waals surface area contributed by atoms with Gasteiger partial charge < -0.3 is 19.8 Å². The van der Waals surface area contributed by atoms with Gasteiger partial charge in [-0.25, -0.2) is 4.98 Å². The van der Waals surface area contributed by atoms with Crippen LogP contribution in [0.15, 0.2) is 47.6 Å². The van der Waals surface area contributed by atoms with Crippen LogP contribution in [0.4, 0.5) is 5.69 Å². The normalized spacial score (nSPS) is 12.1. The number of aromatic nitrogens is 4. The highest BCUT2D eigenvalue weighted by Gasteiger charge is 2.18. The maximum atomic E-state index is 12.6. The summed E-state index contributed by atoms with van der Waals surface area (Å²) in [5.74, 6) is 0.999. The maximum absolute atomic E-state index is 12.6. The molecule has 4 aromatic rings. The number of ether oxygens (including phenoxy) is 2. The number of H-pyrrole nitrogens is 1. The number of hydrogen-bond donors (Lipinski definition) is 2. The zero-order chi connectivity index (χ0) is 20.4. The van der Waals surface area contributed by atoms with Gasteiger partial charge in [-0.2, -0.15) is 0 Å². The van der Waals surface area contributed by atoms with Crippen LogP contribution in [0.25, 0.3) is 22.1 Å². The summed E-state index contributed by atoms with van der Waals surface area (Å²) < 4.78 is 10.5. The van der Waals surface area contributed by atoms with Gasteiger partial charge in [0.05, 0.1) is 19.5 Å². The lowest BCUT2D eigenvalue weighted by Gasteiger charge is -2.13. The zero-order valence-electron chi connectivity index (χ0n) is 16.1. The van der Waals surface area contributed by atoms with Crippen molar-refractivity contribution in [2.45, 2.75) is 17.3 Å². The lowest BCUT2D eigenvalue weighted by atomic mass is 10.2. The number of anilines is 1. The number of nitrogens with zero attached hydrogens (tertiary/aromatic N) is 3. The maximum Gasteiger partial charge on any atom is 0.237 e. The summed E-state index contributed by atoms with van der Waals surface area (Å²) in [5.41, 5.74) is 2.90. The third kappa shape index (κ3) is 3.95. The molecule has 0 fully saturated rings. The van der Waals surface area contributed by atoms with Crippen LogP contribution >= 0.6 is 11.8 Å². The fraction of sp³-hybridized carbons (Fsp3) is 0.200. The molecule has 0 aliphatic rings. The predicted octanol–water partition coefficient (Wildman–Crippen LogP) is 3.64. The second kappa shape index (κ2) is 7.96. The lowest BCUT2D eigenvalue weighted by molar-refractivity contribution is -0.115. The second-order valence-corrected chi connectivity index (χ2v) is 7.62. The third-order valence-corrected chi connectivity index (χ3v) is 5.32. The number of para-hydroxylation sites is 1. The number of amides is 1. The van der Waals surface area contributed by atoms with E-state index in [9.17, 15) is 4.79 Å². The van der Waals surface area contributed by atoms with Crippen LogP contribution in [0.2, 0.25) is 0 Å². The predicted molar refractivity (Wildman–Crippen MR) is 113 cm³/mol. The summed E-state index contributed by atoms with van der Waals surface area (Å²) in [6.07, 6.45) is 0. The summed E-state index contributed by atoms with van der Waals surface area (Å²) in [6.45, 7) is 1.79. The van der Waals surface area contributed by atoms with E-state index in [0.717, 1.165) is 10.9 Å². The monoisotopic (exact) mass is 409 g/mol. The molecule has 1 atom stereocenters. The highest BCUT2D eigenvalue weighted by Crippen LogP contribution is 2.28. The minimum Gasteiger partial charge on any atom is -0.497 e. The minimum atomic E-state index is -0.434. The fourth-order valence-electron chi connectivity index (χ4n) is 2.89. The molecule has 9 heteroatoms. The first-order chi connectivity index (χ1) is 14.1. The summed E-state index contributed by atoms with van der Waals surface area (Å²) in [4.78, 5) is 20.4. The van der Waals surface area contributed by atoms with Crippen molar-refractivity contribution in [1.29, 1.82) is 0 Å². The molecule has 29 heavy (non-hydrogen) atoms. The van der Waals surface area contributed by atoms with Gasteiger partial charge in [-0.1, -0.05) is 30.0 Å². The summed E-state index contributed by atoms with van der Waals surface area (Å²) in [6, 6.07) is 13.0. The van der Waals surface area contributed by atoms with E-state index in [-0.39, 0.29) is 5.91 Å². The van der Waals surface area contributed by atoms with Gasteiger partial charge in [0.15, 0.2) is 5.65 Å². The van der Waals surface area contributed by atoms with Gasteiger partial charge in [-0.05, 0) is 13.0 Å². The van der Waals surface area contributed by atoms with Crippen molar-refractivity contribution >= 4 is 45.4 Å². The van der Waals surface area contributed by atoms with Crippen molar-refractivity contribution in [3.8, 4) is 11.5 Å². The highest BCUT2D eigenvalue weighted by atomic mass is 32.2. The summed E-state index contributed by atoms with van der Waals surface area (Å²) in [7, 11) is 3.12. The van der Waals surface area contributed by atoms with Crippen LogP contribution in [-0.4, -0.2) is 45.5 Å². The Morgan fingerprint density at radius 2 is 1.83 bits per heavy atom. The van der Waals surface area contributed by atoms with Crippen LogP contribution < -0.4 is 14.8 Å². The SMILES string of the molecule is COc1cc(NC(=O)C(C)Sc2nnc3c(n2)[nH]c2ccccc23)cc(OC)c1. The highest BCUT2D eigenvalue weighted by molar-refractivity contribution is 8.00. The molecule has 1 amide bonds. The molecular weight excluding hydrogens is 390 g/mol. The number of hydrogen-bond acceptors (Lipinski definition) is 7. The second-order valence-electron chi connectivity index (χ2n) is 6.31. The summed E-state index contributed by atoms with van der Waals surface area (Å²) >= 11 is 1.24.